The molecule has 6 heteroatoms. The first-order valence-corrected chi connectivity index (χ1v) is 8.95. The van der Waals surface area contributed by atoms with Gasteiger partial charge in [0, 0.05) is 18.8 Å². The molecule has 3 N–H and O–H groups in total. The molecule has 0 radical (unpaired) electrons. The van der Waals surface area contributed by atoms with Crippen molar-refractivity contribution in [2.45, 2.75) is 52.6 Å². The smallest absolute Gasteiger partial charge is 0.267 e. The molecule has 0 aromatic rings. The molecule has 25 heavy (non-hydrogen) atoms. The lowest BCUT2D eigenvalue weighted by atomic mass is 9.83. The van der Waals surface area contributed by atoms with Crippen molar-refractivity contribution >= 4 is 11.7 Å². The van der Waals surface area contributed by atoms with Crippen molar-refractivity contribution in [2.24, 2.45) is 10.4 Å². The van der Waals surface area contributed by atoms with Crippen molar-refractivity contribution in [3.8, 4) is 0 Å². The van der Waals surface area contributed by atoms with Crippen molar-refractivity contribution < 1.29 is 10.0 Å². The first-order chi connectivity index (χ1) is 11.9. The van der Waals surface area contributed by atoms with E-state index >= 15 is 0 Å². The van der Waals surface area contributed by atoms with Crippen LogP contribution in [0.2, 0.25) is 0 Å². The van der Waals surface area contributed by atoms with Gasteiger partial charge in [-0.2, -0.15) is 0 Å². The standard InChI is InChI=1S/C19H30N4O2/c1-5-6-10-20-13-15-18(19(2,3)4)21-16-12-14(9-11-23(15)16)7-8-17(24)22-25/h7-9,11-12,15,18,20,25H,5-6,10,13H2,1-4H3,(H,22,24)/b8-7+. The molecule has 0 saturated carbocycles. The number of amidine groups is 1. The van der Waals surface area contributed by atoms with Gasteiger partial charge in [0.1, 0.15) is 5.84 Å². The Balaban J connectivity index is 2.14. The molecule has 0 aromatic carbocycles. The average molecular weight is 346 g/mol. The van der Waals surface area contributed by atoms with E-state index in [1.54, 1.807) is 11.6 Å². The Morgan fingerprint density at radius 1 is 1.44 bits per heavy atom. The van der Waals surface area contributed by atoms with Crippen molar-refractivity contribution in [1.29, 1.82) is 0 Å². The molecule has 1 amide bonds. The molecule has 2 unspecified atom stereocenters. The van der Waals surface area contributed by atoms with Gasteiger partial charge in [-0.3, -0.25) is 15.0 Å². The minimum atomic E-state index is -0.546. The molecule has 138 valence electrons. The minimum absolute atomic E-state index is 0.0654. The second-order valence-electron chi connectivity index (χ2n) is 7.60. The topological polar surface area (TPSA) is 77.0 Å². The van der Waals surface area contributed by atoms with Crippen LogP contribution in [0.5, 0.6) is 0 Å². The van der Waals surface area contributed by atoms with Gasteiger partial charge in [-0.25, -0.2) is 5.48 Å². The Labute approximate surface area is 150 Å². The van der Waals surface area contributed by atoms with Gasteiger partial charge in [0.05, 0.1) is 12.1 Å². The molecular formula is C19H30N4O2. The van der Waals surface area contributed by atoms with Crippen LogP contribution in [0.4, 0.5) is 0 Å². The summed E-state index contributed by atoms with van der Waals surface area (Å²) in [4.78, 5) is 18.3. The molecule has 6 nitrogen and oxygen atoms in total. The Kier molecular flexibility index (Phi) is 6.56. The molecule has 0 spiro atoms. The Morgan fingerprint density at radius 3 is 2.84 bits per heavy atom. The van der Waals surface area contributed by atoms with E-state index in [0.29, 0.717) is 0 Å². The number of rotatable bonds is 7. The molecule has 0 saturated heterocycles. The largest absolute Gasteiger partial charge is 0.327 e. The molecule has 2 aliphatic rings. The van der Waals surface area contributed by atoms with Crippen LogP contribution in [0.15, 0.2) is 41.1 Å². The normalized spacial score (nSPS) is 22.8. The van der Waals surface area contributed by atoms with Crippen LogP contribution >= 0.6 is 0 Å². The lowest BCUT2D eigenvalue weighted by Gasteiger charge is -2.34. The van der Waals surface area contributed by atoms with E-state index in [9.17, 15) is 4.79 Å². The highest BCUT2D eigenvalue weighted by atomic mass is 16.5. The number of aliphatic imine (C=N–C) groups is 1. The van der Waals surface area contributed by atoms with Gasteiger partial charge in [0.2, 0.25) is 0 Å². The summed E-state index contributed by atoms with van der Waals surface area (Å²) in [5, 5.41) is 12.1. The lowest BCUT2D eigenvalue weighted by Crippen LogP contribution is -2.48. The maximum absolute atomic E-state index is 11.1. The zero-order valence-corrected chi connectivity index (χ0v) is 15.6. The molecule has 2 atom stereocenters. The van der Waals surface area contributed by atoms with E-state index in [-0.39, 0.29) is 17.5 Å². The van der Waals surface area contributed by atoms with Gasteiger partial charge in [0.15, 0.2) is 0 Å². The minimum Gasteiger partial charge on any atom is -0.327 e. The Bertz CT molecular complexity index is 599. The maximum Gasteiger partial charge on any atom is 0.267 e. The number of carbonyl (C=O) groups is 1. The van der Waals surface area contributed by atoms with Gasteiger partial charge in [-0.1, -0.05) is 34.1 Å². The molecule has 2 rings (SSSR count). The van der Waals surface area contributed by atoms with Gasteiger partial charge in [0.25, 0.3) is 5.91 Å². The highest BCUT2D eigenvalue weighted by molar-refractivity contribution is 5.98. The number of hydrogen-bond donors (Lipinski definition) is 3. The van der Waals surface area contributed by atoms with Gasteiger partial charge < -0.3 is 10.2 Å². The number of unbranched alkanes of at least 4 members (excludes halogenated alkanes) is 1. The monoisotopic (exact) mass is 346 g/mol. The molecule has 2 aliphatic heterocycles. The Hall–Kier alpha value is -1.92. The third kappa shape index (κ3) is 5.03. The van der Waals surface area contributed by atoms with Gasteiger partial charge in [-0.05, 0) is 42.2 Å². The fourth-order valence-corrected chi connectivity index (χ4v) is 3.12. The van der Waals surface area contributed by atoms with Crippen LogP contribution in [-0.2, 0) is 4.79 Å². The van der Waals surface area contributed by atoms with Crippen LogP contribution in [0, 0.1) is 5.41 Å². The number of hydroxylamine groups is 1. The SMILES string of the molecule is CCCCNCC1C(C(C)(C)C)N=C2C=C(/C=C/C(=O)NO)C=CN21. The number of nitrogens with one attached hydrogen (secondary N) is 2. The number of nitrogens with zero attached hydrogens (tertiary/aromatic N) is 2. The summed E-state index contributed by atoms with van der Waals surface area (Å²) in [5.41, 5.74) is 2.54. The van der Waals surface area contributed by atoms with Crippen molar-refractivity contribution in [3.63, 3.8) is 0 Å². The molecular weight excluding hydrogens is 316 g/mol. The summed E-state index contributed by atoms with van der Waals surface area (Å²) >= 11 is 0. The fraction of sp³-hybridized carbons (Fsp3) is 0.579. The second-order valence-corrected chi connectivity index (χ2v) is 7.60. The third-order valence-corrected chi connectivity index (χ3v) is 4.47. The predicted octanol–water partition coefficient (Wildman–Crippen LogP) is 2.39. The summed E-state index contributed by atoms with van der Waals surface area (Å²) in [6.45, 7) is 10.8. The predicted molar refractivity (Wildman–Crippen MR) is 100 cm³/mol. The lowest BCUT2D eigenvalue weighted by molar-refractivity contribution is -0.124. The molecule has 0 aromatic heterocycles. The maximum atomic E-state index is 11.1. The zero-order valence-electron chi connectivity index (χ0n) is 15.6. The number of amides is 1. The number of hydrogen-bond acceptors (Lipinski definition) is 5. The average Bonchev–Trinajstić information content (AvgIpc) is 2.94. The van der Waals surface area contributed by atoms with E-state index < -0.39 is 5.91 Å². The summed E-state index contributed by atoms with van der Waals surface area (Å²) in [7, 11) is 0. The van der Waals surface area contributed by atoms with Crippen LogP contribution in [0.25, 0.3) is 0 Å². The highest BCUT2D eigenvalue weighted by Crippen LogP contribution is 2.34. The Morgan fingerprint density at radius 2 is 2.20 bits per heavy atom. The van der Waals surface area contributed by atoms with E-state index in [0.717, 1.165) is 24.5 Å². The van der Waals surface area contributed by atoms with Gasteiger partial charge in [-0.15, -0.1) is 0 Å². The summed E-state index contributed by atoms with van der Waals surface area (Å²) in [6.07, 6.45) is 11.3. The summed E-state index contributed by atoms with van der Waals surface area (Å²) in [5.74, 6) is 0.379. The van der Waals surface area contributed by atoms with Crippen molar-refractivity contribution in [3.05, 3.63) is 36.1 Å². The summed E-state index contributed by atoms with van der Waals surface area (Å²) in [6, 6.07) is 0.479. The van der Waals surface area contributed by atoms with E-state index in [4.69, 9.17) is 10.2 Å². The molecule has 0 bridgehead atoms. The molecule has 2 heterocycles. The number of allylic oxidation sites excluding steroid dienone is 3. The highest BCUT2D eigenvalue weighted by Gasteiger charge is 2.41. The third-order valence-electron chi connectivity index (χ3n) is 4.47. The van der Waals surface area contributed by atoms with Crippen LogP contribution in [0.3, 0.4) is 0 Å². The van der Waals surface area contributed by atoms with Crippen LogP contribution in [-0.4, -0.2) is 47.0 Å². The van der Waals surface area contributed by atoms with Gasteiger partial charge >= 0.3 is 0 Å². The zero-order chi connectivity index (χ0) is 18.4. The van der Waals surface area contributed by atoms with Crippen LogP contribution < -0.4 is 10.8 Å². The van der Waals surface area contributed by atoms with E-state index in [1.807, 2.05) is 18.4 Å². The summed E-state index contributed by atoms with van der Waals surface area (Å²) < 4.78 is 0. The first-order valence-electron chi connectivity index (χ1n) is 8.95. The number of fused-ring (bicyclic) bond motifs is 1. The van der Waals surface area contributed by atoms with E-state index in [2.05, 4.69) is 37.9 Å². The fourth-order valence-electron chi connectivity index (χ4n) is 3.12. The van der Waals surface area contributed by atoms with Crippen molar-refractivity contribution in [1.82, 2.24) is 15.7 Å². The molecule has 0 fully saturated rings. The quantitative estimate of drug-likeness (QED) is 0.286. The van der Waals surface area contributed by atoms with Crippen molar-refractivity contribution in [2.75, 3.05) is 13.1 Å². The second kappa shape index (κ2) is 8.45. The van der Waals surface area contributed by atoms with Crippen LogP contribution in [0.1, 0.15) is 40.5 Å². The molecule has 0 aliphatic carbocycles. The first kappa shape index (κ1) is 19.4. The van der Waals surface area contributed by atoms with E-state index in [1.165, 1.54) is 18.9 Å². The number of carbonyl (C=O) groups excluding carboxylic acids is 1.